The van der Waals surface area contributed by atoms with Crippen LogP contribution in [0.25, 0.3) is 0 Å². The molecule has 0 aromatic carbocycles. The Kier molecular flexibility index (Phi) is 8.23. The van der Waals surface area contributed by atoms with E-state index in [0.29, 0.717) is 0 Å². The maximum absolute atomic E-state index is 5.81. The monoisotopic (exact) mass is 412 g/mol. The minimum Gasteiger partial charge on any atom is -0.466 e. The third kappa shape index (κ3) is 5.30. The molecule has 3 aromatic heterocycles. The zero-order valence-electron chi connectivity index (χ0n) is 20.8. The summed E-state index contributed by atoms with van der Waals surface area (Å²) in [6.07, 6.45) is 5.27. The standard InChI is InChI=1S/C17H24O2.C10H16O/c1-10-12(3)16(18-14(10)5)8-7-9-17-13(4)11(2)15(6)19-17;1-5-6-10-8(3)7(2)9(4)11-10/h7-9H2,1-6H3;5-6H2,1-4H3. The second kappa shape index (κ2) is 10.2. The maximum Gasteiger partial charge on any atom is 0.107 e. The van der Waals surface area contributed by atoms with Crippen LogP contribution in [-0.4, -0.2) is 0 Å². The third-order valence-corrected chi connectivity index (χ3v) is 6.64. The minimum absolute atomic E-state index is 0.985. The highest BCUT2D eigenvalue weighted by molar-refractivity contribution is 5.32. The highest BCUT2D eigenvalue weighted by Crippen LogP contribution is 2.25. The van der Waals surface area contributed by atoms with Crippen molar-refractivity contribution in [2.24, 2.45) is 0 Å². The molecule has 0 spiro atoms. The average molecular weight is 413 g/mol. The summed E-state index contributed by atoms with van der Waals surface area (Å²) >= 11 is 0. The summed E-state index contributed by atoms with van der Waals surface area (Å²) in [5.74, 6) is 6.61. The highest BCUT2D eigenvalue weighted by Gasteiger charge is 2.13. The molecule has 166 valence electrons. The van der Waals surface area contributed by atoms with Gasteiger partial charge in [-0.05, 0) is 109 Å². The van der Waals surface area contributed by atoms with Crippen LogP contribution in [0.5, 0.6) is 0 Å². The van der Waals surface area contributed by atoms with Gasteiger partial charge in [0.25, 0.3) is 0 Å². The van der Waals surface area contributed by atoms with Gasteiger partial charge in [0, 0.05) is 19.3 Å². The zero-order valence-corrected chi connectivity index (χ0v) is 20.8. The quantitative estimate of drug-likeness (QED) is 0.411. The van der Waals surface area contributed by atoms with Crippen molar-refractivity contribution in [1.29, 1.82) is 0 Å². The van der Waals surface area contributed by atoms with Crippen molar-refractivity contribution in [1.82, 2.24) is 0 Å². The van der Waals surface area contributed by atoms with Crippen LogP contribution < -0.4 is 0 Å². The Morgan fingerprint density at radius 2 is 0.733 bits per heavy atom. The van der Waals surface area contributed by atoms with E-state index in [4.69, 9.17) is 13.3 Å². The molecule has 0 bridgehead atoms. The average Bonchev–Trinajstić information content (AvgIpc) is 3.21. The van der Waals surface area contributed by atoms with Crippen LogP contribution in [-0.2, 0) is 19.3 Å². The lowest BCUT2D eigenvalue weighted by Crippen LogP contribution is -1.91. The molecule has 0 aliphatic rings. The topological polar surface area (TPSA) is 39.4 Å². The molecular formula is C27H40O3. The lowest BCUT2D eigenvalue weighted by Gasteiger charge is -2.00. The van der Waals surface area contributed by atoms with E-state index in [0.717, 1.165) is 60.9 Å². The number of furan rings is 3. The molecule has 0 unspecified atom stereocenters. The van der Waals surface area contributed by atoms with Crippen LogP contribution in [0.3, 0.4) is 0 Å². The van der Waals surface area contributed by atoms with Gasteiger partial charge in [0.05, 0.1) is 0 Å². The molecule has 3 aromatic rings. The summed E-state index contributed by atoms with van der Waals surface area (Å²) in [4.78, 5) is 0. The van der Waals surface area contributed by atoms with Crippen molar-refractivity contribution in [3.05, 3.63) is 67.9 Å². The Morgan fingerprint density at radius 1 is 0.433 bits per heavy atom. The third-order valence-electron chi connectivity index (χ3n) is 6.64. The van der Waals surface area contributed by atoms with Gasteiger partial charge in [-0.2, -0.15) is 0 Å². The first-order valence-electron chi connectivity index (χ1n) is 11.2. The van der Waals surface area contributed by atoms with E-state index in [1.54, 1.807) is 0 Å². The van der Waals surface area contributed by atoms with Crippen molar-refractivity contribution in [3.63, 3.8) is 0 Å². The van der Waals surface area contributed by atoms with E-state index in [9.17, 15) is 0 Å². The SMILES string of the molecule is CCCc1oc(C)c(C)c1C.Cc1oc(CCCc2oc(C)c(C)c2C)c(C)c1C. The van der Waals surface area contributed by atoms with E-state index in [2.05, 4.69) is 48.5 Å². The van der Waals surface area contributed by atoms with E-state index in [1.807, 2.05) is 20.8 Å². The summed E-state index contributed by atoms with van der Waals surface area (Å²) < 4.78 is 17.2. The van der Waals surface area contributed by atoms with Gasteiger partial charge < -0.3 is 13.3 Å². The smallest absolute Gasteiger partial charge is 0.107 e. The second-order valence-electron chi connectivity index (χ2n) is 8.60. The zero-order chi connectivity index (χ0) is 22.6. The molecule has 0 fully saturated rings. The van der Waals surface area contributed by atoms with E-state index < -0.39 is 0 Å². The van der Waals surface area contributed by atoms with E-state index in [1.165, 1.54) is 39.1 Å². The Balaban J connectivity index is 0.000000248. The van der Waals surface area contributed by atoms with Crippen molar-refractivity contribution in [2.75, 3.05) is 0 Å². The van der Waals surface area contributed by atoms with Crippen LogP contribution >= 0.6 is 0 Å². The first-order chi connectivity index (χ1) is 14.1. The van der Waals surface area contributed by atoms with E-state index in [-0.39, 0.29) is 0 Å². The van der Waals surface area contributed by atoms with Gasteiger partial charge in [-0.25, -0.2) is 0 Å². The minimum atomic E-state index is 0.985. The fraction of sp³-hybridized carbons (Fsp3) is 0.556. The predicted molar refractivity (Wildman–Crippen MR) is 125 cm³/mol. The molecule has 0 saturated carbocycles. The van der Waals surface area contributed by atoms with Gasteiger partial charge in [0.2, 0.25) is 0 Å². The fourth-order valence-electron chi connectivity index (χ4n) is 3.79. The van der Waals surface area contributed by atoms with Crippen LogP contribution in [0.2, 0.25) is 0 Å². The summed E-state index contributed by atoms with van der Waals surface area (Å²) in [5, 5.41) is 0. The van der Waals surface area contributed by atoms with Gasteiger partial charge in [-0.3, -0.25) is 0 Å². The maximum atomic E-state index is 5.81. The molecule has 0 saturated heterocycles. The molecule has 0 aliphatic carbocycles. The van der Waals surface area contributed by atoms with Gasteiger partial charge in [-0.1, -0.05) is 6.92 Å². The Labute approximate surface area is 182 Å². The van der Waals surface area contributed by atoms with Gasteiger partial charge >= 0.3 is 0 Å². The highest BCUT2D eigenvalue weighted by atomic mass is 16.3. The molecular weight excluding hydrogens is 372 g/mol. The molecule has 0 atom stereocenters. The van der Waals surface area contributed by atoms with Crippen molar-refractivity contribution in [2.45, 2.75) is 101 Å². The normalized spacial score (nSPS) is 11.0. The van der Waals surface area contributed by atoms with Gasteiger partial charge in [0.1, 0.15) is 34.6 Å². The lowest BCUT2D eigenvalue weighted by molar-refractivity contribution is 0.452. The van der Waals surface area contributed by atoms with Gasteiger partial charge in [0.15, 0.2) is 0 Å². The Morgan fingerprint density at radius 3 is 0.967 bits per heavy atom. The molecule has 0 amide bonds. The van der Waals surface area contributed by atoms with E-state index >= 15 is 0 Å². The Bertz CT molecular complexity index is 927. The summed E-state index contributed by atoms with van der Waals surface area (Å²) in [6.45, 7) is 21.1. The van der Waals surface area contributed by atoms with Crippen LogP contribution in [0.15, 0.2) is 13.3 Å². The Hall–Kier alpha value is -2.16. The molecule has 0 aliphatic heterocycles. The van der Waals surface area contributed by atoms with Crippen LogP contribution in [0.1, 0.15) is 87.7 Å². The van der Waals surface area contributed by atoms with Crippen LogP contribution in [0, 0.1) is 62.3 Å². The first-order valence-corrected chi connectivity index (χ1v) is 11.2. The van der Waals surface area contributed by atoms with Crippen LogP contribution in [0.4, 0.5) is 0 Å². The predicted octanol–water partition coefficient (Wildman–Crippen LogP) is 8.06. The molecule has 0 N–H and O–H groups in total. The summed E-state index contributed by atoms with van der Waals surface area (Å²) in [7, 11) is 0. The largest absolute Gasteiger partial charge is 0.466 e. The number of hydrogen-bond acceptors (Lipinski definition) is 3. The number of rotatable bonds is 6. The molecule has 3 heteroatoms. The van der Waals surface area contributed by atoms with Crippen molar-refractivity contribution < 1.29 is 13.3 Å². The lowest BCUT2D eigenvalue weighted by atomic mass is 10.1. The number of hydrogen-bond donors (Lipinski definition) is 0. The summed E-state index contributed by atoms with van der Waals surface area (Å²) in [5.41, 5.74) is 7.84. The molecule has 3 nitrogen and oxygen atoms in total. The molecule has 3 heterocycles. The van der Waals surface area contributed by atoms with Crippen molar-refractivity contribution >= 4 is 0 Å². The van der Waals surface area contributed by atoms with Gasteiger partial charge in [-0.15, -0.1) is 0 Å². The molecule has 3 rings (SSSR count). The molecule has 0 radical (unpaired) electrons. The van der Waals surface area contributed by atoms with Crippen molar-refractivity contribution in [3.8, 4) is 0 Å². The summed E-state index contributed by atoms with van der Waals surface area (Å²) in [6, 6.07) is 0. The number of aryl methyl sites for hydroxylation is 6. The first kappa shape index (κ1) is 24.1. The fourth-order valence-corrected chi connectivity index (χ4v) is 3.79. The molecule has 30 heavy (non-hydrogen) atoms. The second-order valence-corrected chi connectivity index (χ2v) is 8.60.